The van der Waals surface area contributed by atoms with Gasteiger partial charge in [0.1, 0.15) is 4.32 Å². The van der Waals surface area contributed by atoms with Crippen LogP contribution < -0.4 is 0 Å². The summed E-state index contributed by atoms with van der Waals surface area (Å²) in [6, 6.07) is 9.16. The van der Waals surface area contributed by atoms with Crippen LogP contribution in [-0.4, -0.2) is 29.1 Å². The quantitative estimate of drug-likeness (QED) is 0.467. The third-order valence-electron chi connectivity index (χ3n) is 1.81. The molecule has 0 spiro atoms. The summed E-state index contributed by atoms with van der Waals surface area (Å²) in [5, 5.41) is 1.72. The van der Waals surface area contributed by atoms with Crippen molar-refractivity contribution >= 4 is 34.1 Å². The molecule has 0 heterocycles. The molecule has 0 fully saturated rings. The fourth-order valence-electron chi connectivity index (χ4n) is 0.958. The lowest BCUT2D eigenvalue weighted by Gasteiger charge is -2.09. The average molecular weight is 251 g/mol. The molecular formula is C12H13NOS2. The lowest BCUT2D eigenvalue weighted by Crippen LogP contribution is -2.15. The number of benzene rings is 1. The van der Waals surface area contributed by atoms with Gasteiger partial charge < -0.3 is 4.90 Å². The summed E-state index contributed by atoms with van der Waals surface area (Å²) in [6.07, 6.45) is 1.54. The first-order chi connectivity index (χ1) is 7.61. The molecule has 0 aromatic heterocycles. The molecule has 2 nitrogen and oxygen atoms in total. The van der Waals surface area contributed by atoms with Crippen molar-refractivity contribution in [3.63, 3.8) is 0 Å². The fourth-order valence-corrected chi connectivity index (χ4v) is 1.64. The predicted molar refractivity (Wildman–Crippen MR) is 73.8 cm³/mol. The van der Waals surface area contributed by atoms with E-state index in [0.29, 0.717) is 5.56 Å². The highest BCUT2D eigenvalue weighted by atomic mass is 32.2. The Kier molecular flexibility index (Phi) is 5.22. The monoisotopic (exact) mass is 251 g/mol. The molecule has 0 unspecified atom stereocenters. The Hall–Kier alpha value is -1.13. The van der Waals surface area contributed by atoms with Gasteiger partial charge in [-0.15, -0.1) is 0 Å². The van der Waals surface area contributed by atoms with Crippen LogP contribution in [0.25, 0.3) is 0 Å². The van der Waals surface area contributed by atoms with E-state index in [0.717, 1.165) is 4.32 Å². The first-order valence-electron chi connectivity index (χ1n) is 4.75. The molecule has 0 saturated heterocycles. The Morgan fingerprint density at radius 2 is 1.94 bits per heavy atom. The number of thioether (sulfide) groups is 1. The van der Waals surface area contributed by atoms with Crippen LogP contribution in [0.4, 0.5) is 0 Å². The van der Waals surface area contributed by atoms with E-state index in [1.54, 1.807) is 17.5 Å². The number of carbonyl (C=O) groups excluding carboxylic acids is 1. The molecule has 0 atom stereocenters. The molecule has 0 N–H and O–H groups in total. The Morgan fingerprint density at radius 3 is 2.50 bits per heavy atom. The van der Waals surface area contributed by atoms with Gasteiger partial charge in [0, 0.05) is 19.7 Å². The van der Waals surface area contributed by atoms with E-state index in [4.69, 9.17) is 12.2 Å². The predicted octanol–water partition coefficient (Wildman–Crippen LogP) is 2.96. The van der Waals surface area contributed by atoms with E-state index >= 15 is 0 Å². The largest absolute Gasteiger partial charge is 0.363 e. The molecule has 16 heavy (non-hydrogen) atoms. The zero-order valence-corrected chi connectivity index (χ0v) is 10.8. The van der Waals surface area contributed by atoms with Crippen LogP contribution in [0.2, 0.25) is 0 Å². The van der Waals surface area contributed by atoms with Crippen molar-refractivity contribution in [2.24, 2.45) is 0 Å². The minimum Gasteiger partial charge on any atom is -0.363 e. The number of nitrogens with zero attached hydrogens (tertiary/aromatic N) is 1. The summed E-state index contributed by atoms with van der Waals surface area (Å²) >= 11 is 6.44. The topological polar surface area (TPSA) is 20.3 Å². The van der Waals surface area contributed by atoms with Gasteiger partial charge in [0.2, 0.25) is 0 Å². The average Bonchev–Trinajstić information content (AvgIpc) is 2.29. The number of ketones is 1. The minimum absolute atomic E-state index is 0.00495. The van der Waals surface area contributed by atoms with Crippen molar-refractivity contribution < 1.29 is 4.79 Å². The highest BCUT2D eigenvalue weighted by Gasteiger charge is 2.00. The van der Waals surface area contributed by atoms with Crippen molar-refractivity contribution in [1.29, 1.82) is 0 Å². The Balaban J connectivity index is 2.53. The van der Waals surface area contributed by atoms with Crippen molar-refractivity contribution in [3.8, 4) is 0 Å². The minimum atomic E-state index is -0.00495. The van der Waals surface area contributed by atoms with Gasteiger partial charge in [-0.05, 0) is 11.5 Å². The van der Waals surface area contributed by atoms with Gasteiger partial charge in [-0.25, -0.2) is 0 Å². The molecule has 0 amide bonds. The molecule has 0 bridgehead atoms. The molecule has 0 radical (unpaired) electrons. The zero-order chi connectivity index (χ0) is 12.0. The van der Waals surface area contributed by atoms with E-state index < -0.39 is 0 Å². The lowest BCUT2D eigenvalue weighted by molar-refractivity contribution is 0.104. The molecule has 0 aliphatic rings. The zero-order valence-electron chi connectivity index (χ0n) is 9.21. The van der Waals surface area contributed by atoms with Gasteiger partial charge in [-0.2, -0.15) is 0 Å². The van der Waals surface area contributed by atoms with E-state index in [2.05, 4.69) is 0 Å². The Bertz CT molecular complexity index is 399. The van der Waals surface area contributed by atoms with Gasteiger partial charge in [-0.1, -0.05) is 54.3 Å². The van der Waals surface area contributed by atoms with Crippen LogP contribution in [0.5, 0.6) is 0 Å². The van der Waals surface area contributed by atoms with Crippen LogP contribution in [0, 0.1) is 0 Å². The Labute approximate surface area is 105 Å². The van der Waals surface area contributed by atoms with Gasteiger partial charge >= 0.3 is 0 Å². The van der Waals surface area contributed by atoms with Gasteiger partial charge in [0.05, 0.1) is 0 Å². The van der Waals surface area contributed by atoms with Gasteiger partial charge in [0.25, 0.3) is 0 Å². The fraction of sp³-hybridized carbons (Fsp3) is 0.167. The molecule has 1 aromatic carbocycles. The molecule has 0 saturated carbocycles. The maximum absolute atomic E-state index is 11.6. The number of thiocarbonyl (C=S) groups is 1. The first kappa shape index (κ1) is 12.9. The van der Waals surface area contributed by atoms with E-state index in [1.165, 1.54) is 17.8 Å². The maximum Gasteiger partial charge on any atom is 0.186 e. The molecule has 1 aromatic rings. The van der Waals surface area contributed by atoms with Crippen LogP contribution >= 0.6 is 24.0 Å². The van der Waals surface area contributed by atoms with Crippen molar-refractivity contribution in [3.05, 3.63) is 47.4 Å². The third kappa shape index (κ3) is 4.16. The third-order valence-corrected chi connectivity index (χ3v) is 3.30. The summed E-state index contributed by atoms with van der Waals surface area (Å²) in [7, 11) is 3.75. The normalized spacial score (nSPS) is 10.4. The number of hydrogen-bond acceptors (Lipinski definition) is 3. The summed E-state index contributed by atoms with van der Waals surface area (Å²) < 4.78 is 0.733. The standard InChI is InChI=1S/C12H13NOS2/c1-13(2)12(15)16-9-8-11(14)10-6-4-3-5-7-10/h3-9H,1-2H3/b9-8+. The molecule has 4 heteroatoms. The summed E-state index contributed by atoms with van der Waals surface area (Å²) in [6.45, 7) is 0. The van der Waals surface area contributed by atoms with Crippen LogP contribution in [0.1, 0.15) is 10.4 Å². The number of hydrogen-bond donors (Lipinski definition) is 0. The van der Waals surface area contributed by atoms with Crippen molar-refractivity contribution in [2.75, 3.05) is 14.1 Å². The smallest absolute Gasteiger partial charge is 0.186 e. The van der Waals surface area contributed by atoms with Crippen LogP contribution in [0.3, 0.4) is 0 Å². The number of rotatable bonds is 3. The lowest BCUT2D eigenvalue weighted by atomic mass is 10.1. The molecule has 1 rings (SSSR count). The van der Waals surface area contributed by atoms with E-state index in [-0.39, 0.29) is 5.78 Å². The second-order valence-electron chi connectivity index (χ2n) is 3.31. The van der Waals surface area contributed by atoms with Crippen molar-refractivity contribution in [2.45, 2.75) is 0 Å². The second-order valence-corrected chi connectivity index (χ2v) is 4.85. The molecule has 0 aliphatic carbocycles. The molecule has 84 valence electrons. The Morgan fingerprint density at radius 1 is 1.31 bits per heavy atom. The number of allylic oxidation sites excluding steroid dienone is 1. The molecular weight excluding hydrogens is 238 g/mol. The highest BCUT2D eigenvalue weighted by Crippen LogP contribution is 2.09. The summed E-state index contributed by atoms with van der Waals surface area (Å²) in [5.41, 5.74) is 0.690. The maximum atomic E-state index is 11.6. The van der Waals surface area contributed by atoms with Crippen LogP contribution in [-0.2, 0) is 0 Å². The van der Waals surface area contributed by atoms with E-state index in [9.17, 15) is 4.79 Å². The number of carbonyl (C=O) groups is 1. The highest BCUT2D eigenvalue weighted by molar-refractivity contribution is 8.24. The van der Waals surface area contributed by atoms with Crippen LogP contribution in [0.15, 0.2) is 41.8 Å². The SMILES string of the molecule is CN(C)C(=S)S/C=C/C(=O)c1ccccc1. The van der Waals surface area contributed by atoms with Gasteiger partial charge in [-0.3, -0.25) is 4.79 Å². The second kappa shape index (κ2) is 6.45. The summed E-state index contributed by atoms with van der Waals surface area (Å²) in [5.74, 6) is -0.00495. The van der Waals surface area contributed by atoms with Crippen molar-refractivity contribution in [1.82, 2.24) is 4.90 Å². The van der Waals surface area contributed by atoms with Gasteiger partial charge in [0.15, 0.2) is 5.78 Å². The summed E-state index contributed by atoms with van der Waals surface area (Å²) in [4.78, 5) is 13.5. The van der Waals surface area contributed by atoms with E-state index in [1.807, 2.05) is 37.2 Å². The first-order valence-corrected chi connectivity index (χ1v) is 6.04. The molecule has 0 aliphatic heterocycles.